The van der Waals surface area contributed by atoms with Gasteiger partial charge in [0.25, 0.3) is 5.56 Å². The molecule has 0 saturated carbocycles. The second kappa shape index (κ2) is 5.67. The van der Waals surface area contributed by atoms with Crippen molar-refractivity contribution >= 4 is 17.2 Å². The number of hydrogen-bond donors (Lipinski definition) is 1. The van der Waals surface area contributed by atoms with Crippen molar-refractivity contribution < 1.29 is 4.74 Å². The highest BCUT2D eigenvalue weighted by Gasteiger charge is 2.07. The molecule has 0 amide bonds. The lowest BCUT2D eigenvalue weighted by molar-refractivity contribution is 0.413. The lowest BCUT2D eigenvalue weighted by Gasteiger charge is -2.10. The van der Waals surface area contributed by atoms with E-state index in [0.29, 0.717) is 22.8 Å². The van der Waals surface area contributed by atoms with Crippen molar-refractivity contribution in [2.75, 3.05) is 7.11 Å². The molecule has 0 aliphatic rings. The van der Waals surface area contributed by atoms with E-state index in [4.69, 9.17) is 22.7 Å². The molecular formula is C14H14N2O2S. The van der Waals surface area contributed by atoms with E-state index < -0.39 is 0 Å². The molecule has 2 aromatic rings. The van der Waals surface area contributed by atoms with Gasteiger partial charge in [-0.15, -0.1) is 0 Å². The van der Waals surface area contributed by atoms with Gasteiger partial charge in [-0.2, -0.15) is 0 Å². The lowest BCUT2D eigenvalue weighted by atomic mass is 10.1. The molecule has 0 saturated heterocycles. The van der Waals surface area contributed by atoms with E-state index in [0.717, 1.165) is 5.56 Å². The Morgan fingerprint density at radius 1 is 1.37 bits per heavy atom. The summed E-state index contributed by atoms with van der Waals surface area (Å²) >= 11 is 4.95. The Bertz CT molecular complexity index is 664. The summed E-state index contributed by atoms with van der Waals surface area (Å²) in [5, 5.41) is 0. The van der Waals surface area contributed by atoms with Crippen LogP contribution in [-0.2, 0) is 6.54 Å². The molecule has 0 unspecified atom stereocenters. The quantitative estimate of drug-likeness (QED) is 0.859. The topological polar surface area (TPSA) is 57.2 Å². The Kier molecular flexibility index (Phi) is 3.97. The van der Waals surface area contributed by atoms with E-state index in [2.05, 4.69) is 0 Å². The van der Waals surface area contributed by atoms with Crippen molar-refractivity contribution in [3.63, 3.8) is 0 Å². The minimum absolute atomic E-state index is 0.0418. The van der Waals surface area contributed by atoms with Crippen molar-refractivity contribution in [1.29, 1.82) is 0 Å². The first-order chi connectivity index (χ1) is 9.11. The van der Waals surface area contributed by atoms with Gasteiger partial charge in [0.2, 0.25) is 0 Å². The lowest BCUT2D eigenvalue weighted by Crippen LogP contribution is -2.18. The molecule has 0 aliphatic heterocycles. The van der Waals surface area contributed by atoms with Gasteiger partial charge in [0, 0.05) is 12.3 Å². The highest BCUT2D eigenvalue weighted by Crippen LogP contribution is 2.20. The number of rotatable bonds is 4. The van der Waals surface area contributed by atoms with E-state index in [-0.39, 0.29) is 5.56 Å². The van der Waals surface area contributed by atoms with Crippen LogP contribution in [0.4, 0.5) is 0 Å². The fraction of sp³-hybridized carbons (Fsp3) is 0.143. The van der Waals surface area contributed by atoms with Gasteiger partial charge >= 0.3 is 0 Å². The largest absolute Gasteiger partial charge is 0.496 e. The van der Waals surface area contributed by atoms with Crippen molar-refractivity contribution in [2.45, 2.75) is 6.54 Å². The second-order valence-corrected chi connectivity index (χ2v) is 4.51. The maximum Gasteiger partial charge on any atom is 0.250 e. The highest BCUT2D eigenvalue weighted by atomic mass is 32.1. The molecule has 0 atom stereocenters. The third-order valence-electron chi connectivity index (χ3n) is 2.78. The van der Waals surface area contributed by atoms with Crippen LogP contribution < -0.4 is 16.0 Å². The molecule has 0 bridgehead atoms. The molecule has 1 heterocycles. The third kappa shape index (κ3) is 3.00. The summed E-state index contributed by atoms with van der Waals surface area (Å²) < 4.78 is 6.88. The van der Waals surface area contributed by atoms with Gasteiger partial charge in [-0.3, -0.25) is 4.79 Å². The predicted molar refractivity (Wildman–Crippen MR) is 78.7 cm³/mol. The zero-order valence-corrected chi connectivity index (χ0v) is 11.3. The monoisotopic (exact) mass is 274 g/mol. The number of hydrogen-bond acceptors (Lipinski definition) is 3. The van der Waals surface area contributed by atoms with Gasteiger partial charge in [-0.05, 0) is 23.8 Å². The highest BCUT2D eigenvalue weighted by molar-refractivity contribution is 7.80. The summed E-state index contributed by atoms with van der Waals surface area (Å²) in [6, 6.07) is 10.6. The zero-order chi connectivity index (χ0) is 13.8. The number of aromatic nitrogens is 1. The molecule has 0 fully saturated rings. The van der Waals surface area contributed by atoms with Crippen LogP contribution in [0.2, 0.25) is 0 Å². The van der Waals surface area contributed by atoms with Crippen LogP contribution in [0, 0.1) is 0 Å². The molecule has 0 aliphatic carbocycles. The molecule has 19 heavy (non-hydrogen) atoms. The van der Waals surface area contributed by atoms with E-state index in [1.165, 1.54) is 6.07 Å². The molecule has 0 radical (unpaired) electrons. The molecular weight excluding hydrogens is 260 g/mol. The van der Waals surface area contributed by atoms with Crippen LogP contribution >= 0.6 is 12.2 Å². The maximum atomic E-state index is 11.6. The summed E-state index contributed by atoms with van der Waals surface area (Å²) in [7, 11) is 1.57. The molecule has 98 valence electrons. The van der Waals surface area contributed by atoms with Crippen molar-refractivity contribution in [3.05, 3.63) is 64.1 Å². The summed E-state index contributed by atoms with van der Waals surface area (Å²) in [5.41, 5.74) is 7.22. The molecule has 1 aromatic carbocycles. The van der Waals surface area contributed by atoms with E-state index in [1.54, 1.807) is 23.9 Å². The minimum Gasteiger partial charge on any atom is -0.496 e. The van der Waals surface area contributed by atoms with Crippen molar-refractivity contribution in [1.82, 2.24) is 4.57 Å². The van der Waals surface area contributed by atoms with Gasteiger partial charge in [-0.25, -0.2) is 0 Å². The number of ether oxygens (including phenoxy) is 1. The second-order valence-electron chi connectivity index (χ2n) is 4.07. The summed E-state index contributed by atoms with van der Waals surface area (Å²) in [5.74, 6) is 0.619. The Morgan fingerprint density at radius 2 is 2.16 bits per heavy atom. The van der Waals surface area contributed by atoms with Crippen LogP contribution in [0.15, 0.2) is 47.4 Å². The summed E-state index contributed by atoms with van der Waals surface area (Å²) in [6.07, 6.45) is 1.75. The van der Waals surface area contributed by atoms with Gasteiger partial charge < -0.3 is 15.0 Å². The Morgan fingerprint density at radius 3 is 2.79 bits per heavy atom. The van der Waals surface area contributed by atoms with Gasteiger partial charge in [-0.1, -0.05) is 24.4 Å². The molecule has 2 rings (SSSR count). The Balaban J connectivity index is 2.35. The Labute approximate surface area is 116 Å². The standard InChI is InChI=1S/C14H14N2O2S/c1-18-12-8-10(5-6-11(12)14(15)19)9-16-7-3-2-4-13(16)17/h2-8H,9H2,1H3,(H2,15,19). The third-order valence-corrected chi connectivity index (χ3v) is 3.00. The fourth-order valence-electron chi connectivity index (χ4n) is 1.83. The zero-order valence-electron chi connectivity index (χ0n) is 10.5. The van der Waals surface area contributed by atoms with Crippen LogP contribution in [0.3, 0.4) is 0 Å². The van der Waals surface area contributed by atoms with Crippen LogP contribution in [0.1, 0.15) is 11.1 Å². The van der Waals surface area contributed by atoms with E-state index in [1.807, 2.05) is 24.3 Å². The van der Waals surface area contributed by atoms with Gasteiger partial charge in [0.15, 0.2) is 0 Å². The number of nitrogens with zero attached hydrogens (tertiary/aromatic N) is 1. The first-order valence-electron chi connectivity index (χ1n) is 5.74. The molecule has 1 aromatic heterocycles. The number of pyridine rings is 1. The van der Waals surface area contributed by atoms with Crippen LogP contribution in [0.5, 0.6) is 5.75 Å². The van der Waals surface area contributed by atoms with Gasteiger partial charge in [0.1, 0.15) is 10.7 Å². The summed E-state index contributed by atoms with van der Waals surface area (Å²) in [6.45, 7) is 0.480. The van der Waals surface area contributed by atoms with Crippen LogP contribution in [-0.4, -0.2) is 16.7 Å². The van der Waals surface area contributed by atoms with Crippen LogP contribution in [0.25, 0.3) is 0 Å². The summed E-state index contributed by atoms with van der Waals surface area (Å²) in [4.78, 5) is 11.9. The average Bonchev–Trinajstić information content (AvgIpc) is 2.41. The number of benzene rings is 1. The molecule has 4 nitrogen and oxygen atoms in total. The van der Waals surface area contributed by atoms with E-state index in [9.17, 15) is 4.79 Å². The Hall–Kier alpha value is -2.14. The number of methoxy groups -OCH3 is 1. The fourth-order valence-corrected chi connectivity index (χ4v) is 1.99. The first kappa shape index (κ1) is 13.3. The maximum absolute atomic E-state index is 11.6. The number of nitrogens with two attached hydrogens (primary N) is 1. The normalized spacial score (nSPS) is 10.2. The smallest absolute Gasteiger partial charge is 0.250 e. The molecule has 0 spiro atoms. The van der Waals surface area contributed by atoms with Crippen molar-refractivity contribution in [3.8, 4) is 5.75 Å². The predicted octanol–water partition coefficient (Wildman–Crippen LogP) is 1.54. The number of thiocarbonyl (C=S) groups is 1. The van der Waals surface area contributed by atoms with Gasteiger partial charge in [0.05, 0.1) is 19.2 Å². The van der Waals surface area contributed by atoms with Crippen molar-refractivity contribution in [2.24, 2.45) is 5.73 Å². The average molecular weight is 274 g/mol. The van der Waals surface area contributed by atoms with E-state index >= 15 is 0 Å². The minimum atomic E-state index is -0.0418. The SMILES string of the molecule is COc1cc(Cn2ccccc2=O)ccc1C(N)=S. The molecule has 5 heteroatoms. The first-order valence-corrected chi connectivity index (χ1v) is 6.15. The molecule has 2 N–H and O–H groups in total.